The molecule has 0 bridgehead atoms. The maximum atomic E-state index is 3.24. The Balaban J connectivity index is 2.00. The van der Waals surface area contributed by atoms with E-state index >= 15 is 0 Å². The van der Waals surface area contributed by atoms with Gasteiger partial charge in [0.2, 0.25) is 0 Å². The molecule has 2 heteroatoms. The SMILES string of the molecule is CNCCc1cn(Cc2ccccc2C)c2ccccc12. The van der Waals surface area contributed by atoms with Crippen LogP contribution in [0.1, 0.15) is 16.7 Å². The Hall–Kier alpha value is -2.06. The Morgan fingerprint density at radius 1 is 0.952 bits per heavy atom. The van der Waals surface area contributed by atoms with Gasteiger partial charge in [0, 0.05) is 23.6 Å². The van der Waals surface area contributed by atoms with E-state index in [9.17, 15) is 0 Å². The van der Waals surface area contributed by atoms with Gasteiger partial charge < -0.3 is 9.88 Å². The number of hydrogen-bond donors (Lipinski definition) is 1. The van der Waals surface area contributed by atoms with E-state index in [0.29, 0.717) is 0 Å². The molecule has 108 valence electrons. The first-order chi connectivity index (χ1) is 10.3. The number of likely N-dealkylation sites (N-methyl/N-ethyl adjacent to an activating group) is 1. The van der Waals surface area contributed by atoms with Crippen molar-refractivity contribution in [3.8, 4) is 0 Å². The van der Waals surface area contributed by atoms with Crippen LogP contribution >= 0.6 is 0 Å². The summed E-state index contributed by atoms with van der Waals surface area (Å²) in [7, 11) is 2.01. The van der Waals surface area contributed by atoms with Crippen molar-refractivity contribution in [2.45, 2.75) is 19.9 Å². The van der Waals surface area contributed by atoms with Crippen molar-refractivity contribution in [1.29, 1.82) is 0 Å². The smallest absolute Gasteiger partial charge is 0.0486 e. The number of fused-ring (bicyclic) bond motifs is 1. The van der Waals surface area contributed by atoms with Gasteiger partial charge in [0.15, 0.2) is 0 Å². The first-order valence-corrected chi connectivity index (χ1v) is 7.55. The summed E-state index contributed by atoms with van der Waals surface area (Å²) >= 11 is 0. The lowest BCUT2D eigenvalue weighted by Gasteiger charge is -2.08. The normalized spacial score (nSPS) is 11.1. The van der Waals surface area contributed by atoms with Crippen molar-refractivity contribution in [3.63, 3.8) is 0 Å². The topological polar surface area (TPSA) is 17.0 Å². The highest BCUT2D eigenvalue weighted by molar-refractivity contribution is 5.84. The molecule has 0 spiro atoms. The fourth-order valence-corrected chi connectivity index (χ4v) is 2.88. The molecule has 0 radical (unpaired) electrons. The minimum absolute atomic E-state index is 0.937. The van der Waals surface area contributed by atoms with E-state index < -0.39 is 0 Å². The number of hydrogen-bond acceptors (Lipinski definition) is 1. The summed E-state index contributed by atoms with van der Waals surface area (Å²) in [6, 6.07) is 17.3. The van der Waals surface area contributed by atoms with Crippen LogP contribution in [0, 0.1) is 6.92 Å². The molecule has 0 unspecified atom stereocenters. The highest BCUT2D eigenvalue weighted by atomic mass is 15.0. The minimum atomic E-state index is 0.937. The highest BCUT2D eigenvalue weighted by Gasteiger charge is 2.08. The van der Waals surface area contributed by atoms with Gasteiger partial charge in [-0.1, -0.05) is 42.5 Å². The molecule has 0 saturated heterocycles. The summed E-state index contributed by atoms with van der Waals surface area (Å²) in [5.74, 6) is 0. The van der Waals surface area contributed by atoms with Gasteiger partial charge >= 0.3 is 0 Å². The summed E-state index contributed by atoms with van der Waals surface area (Å²) in [6.07, 6.45) is 3.38. The van der Waals surface area contributed by atoms with E-state index in [2.05, 4.69) is 71.5 Å². The van der Waals surface area contributed by atoms with Crippen molar-refractivity contribution in [3.05, 3.63) is 71.4 Å². The number of aryl methyl sites for hydroxylation is 1. The van der Waals surface area contributed by atoms with Gasteiger partial charge in [-0.2, -0.15) is 0 Å². The third-order valence-electron chi connectivity index (χ3n) is 4.12. The molecule has 0 fully saturated rings. The highest BCUT2D eigenvalue weighted by Crippen LogP contribution is 2.23. The Morgan fingerprint density at radius 2 is 1.71 bits per heavy atom. The molecule has 1 aromatic heterocycles. The molecular formula is C19H22N2. The van der Waals surface area contributed by atoms with Crippen LogP contribution < -0.4 is 5.32 Å². The predicted molar refractivity (Wildman–Crippen MR) is 89.8 cm³/mol. The van der Waals surface area contributed by atoms with Crippen LogP contribution in [0.4, 0.5) is 0 Å². The van der Waals surface area contributed by atoms with Gasteiger partial charge in [-0.15, -0.1) is 0 Å². The second-order valence-electron chi connectivity index (χ2n) is 5.58. The molecule has 1 N–H and O–H groups in total. The molecule has 0 aliphatic heterocycles. The standard InChI is InChI=1S/C19H22N2/c1-15-7-3-4-8-16(15)13-21-14-17(11-12-20-2)18-9-5-6-10-19(18)21/h3-10,14,20H,11-13H2,1-2H3. The zero-order chi connectivity index (χ0) is 14.7. The lowest BCUT2D eigenvalue weighted by molar-refractivity contribution is 0.782. The van der Waals surface area contributed by atoms with Gasteiger partial charge in [-0.05, 0) is 49.7 Å². The number of nitrogens with zero attached hydrogens (tertiary/aromatic N) is 1. The van der Waals surface area contributed by atoms with Crippen LogP contribution in [0.5, 0.6) is 0 Å². The summed E-state index contributed by atoms with van der Waals surface area (Å²) in [4.78, 5) is 0. The molecule has 0 saturated carbocycles. The Bertz CT molecular complexity index is 740. The van der Waals surface area contributed by atoms with E-state index in [0.717, 1.165) is 19.5 Å². The van der Waals surface area contributed by atoms with E-state index in [4.69, 9.17) is 0 Å². The third-order valence-corrected chi connectivity index (χ3v) is 4.12. The van der Waals surface area contributed by atoms with E-state index in [1.165, 1.54) is 27.6 Å². The number of para-hydroxylation sites is 1. The van der Waals surface area contributed by atoms with Gasteiger partial charge in [-0.3, -0.25) is 0 Å². The zero-order valence-corrected chi connectivity index (χ0v) is 12.8. The van der Waals surface area contributed by atoms with E-state index in [1.54, 1.807) is 0 Å². The molecule has 1 heterocycles. The third kappa shape index (κ3) is 2.86. The lowest BCUT2D eigenvalue weighted by atomic mass is 10.1. The molecule has 0 amide bonds. The first-order valence-electron chi connectivity index (χ1n) is 7.55. The van der Waals surface area contributed by atoms with Crippen LogP contribution in [0.3, 0.4) is 0 Å². The molecule has 3 aromatic rings. The van der Waals surface area contributed by atoms with Crippen LogP contribution in [0.15, 0.2) is 54.7 Å². The fraction of sp³-hybridized carbons (Fsp3) is 0.263. The second kappa shape index (κ2) is 6.15. The van der Waals surface area contributed by atoms with E-state index in [-0.39, 0.29) is 0 Å². The summed E-state index contributed by atoms with van der Waals surface area (Å²) in [5.41, 5.74) is 5.49. The number of nitrogens with one attached hydrogen (secondary N) is 1. The van der Waals surface area contributed by atoms with Crippen molar-refractivity contribution in [2.75, 3.05) is 13.6 Å². The van der Waals surface area contributed by atoms with Gasteiger partial charge in [0.1, 0.15) is 0 Å². The van der Waals surface area contributed by atoms with Crippen molar-refractivity contribution < 1.29 is 0 Å². The van der Waals surface area contributed by atoms with Crippen molar-refractivity contribution in [2.24, 2.45) is 0 Å². The monoisotopic (exact) mass is 278 g/mol. The van der Waals surface area contributed by atoms with Gasteiger partial charge in [-0.25, -0.2) is 0 Å². The Kier molecular flexibility index (Phi) is 4.07. The minimum Gasteiger partial charge on any atom is -0.343 e. The van der Waals surface area contributed by atoms with Crippen LogP contribution in [-0.4, -0.2) is 18.2 Å². The number of benzene rings is 2. The average molecular weight is 278 g/mol. The molecule has 3 rings (SSSR count). The fourth-order valence-electron chi connectivity index (χ4n) is 2.88. The maximum absolute atomic E-state index is 3.24. The predicted octanol–water partition coefficient (Wildman–Crippen LogP) is 3.76. The summed E-state index contributed by atoms with van der Waals surface area (Å²) in [6.45, 7) is 4.13. The van der Waals surface area contributed by atoms with Gasteiger partial charge in [0.05, 0.1) is 0 Å². The summed E-state index contributed by atoms with van der Waals surface area (Å²) in [5, 5.41) is 4.62. The summed E-state index contributed by atoms with van der Waals surface area (Å²) < 4.78 is 2.38. The molecule has 0 aliphatic rings. The van der Waals surface area contributed by atoms with Gasteiger partial charge in [0.25, 0.3) is 0 Å². The van der Waals surface area contributed by atoms with Crippen LogP contribution in [0.2, 0.25) is 0 Å². The molecular weight excluding hydrogens is 256 g/mol. The molecule has 0 atom stereocenters. The second-order valence-corrected chi connectivity index (χ2v) is 5.58. The molecule has 21 heavy (non-hydrogen) atoms. The molecule has 0 aliphatic carbocycles. The average Bonchev–Trinajstić information content (AvgIpc) is 2.86. The maximum Gasteiger partial charge on any atom is 0.0486 e. The quantitative estimate of drug-likeness (QED) is 0.752. The lowest BCUT2D eigenvalue weighted by Crippen LogP contribution is -2.10. The van der Waals surface area contributed by atoms with Crippen molar-refractivity contribution >= 4 is 10.9 Å². The van der Waals surface area contributed by atoms with Crippen LogP contribution in [0.25, 0.3) is 10.9 Å². The van der Waals surface area contributed by atoms with Crippen molar-refractivity contribution in [1.82, 2.24) is 9.88 Å². The Morgan fingerprint density at radius 3 is 2.52 bits per heavy atom. The largest absolute Gasteiger partial charge is 0.343 e. The van der Waals surface area contributed by atoms with Crippen LogP contribution in [-0.2, 0) is 13.0 Å². The molecule has 2 nitrogen and oxygen atoms in total. The zero-order valence-electron chi connectivity index (χ0n) is 12.8. The first kappa shape index (κ1) is 13.9. The number of rotatable bonds is 5. The van der Waals surface area contributed by atoms with E-state index in [1.807, 2.05) is 7.05 Å². The number of aromatic nitrogens is 1. The molecule has 2 aromatic carbocycles. The Labute approximate surface area is 126 Å².